The first-order valence-electron chi connectivity index (χ1n) is 4.03. The van der Waals surface area contributed by atoms with E-state index in [0.717, 1.165) is 0 Å². The molecule has 1 saturated heterocycles. The van der Waals surface area contributed by atoms with Gasteiger partial charge in [-0.25, -0.2) is 8.42 Å². The zero-order chi connectivity index (χ0) is 9.15. The van der Waals surface area contributed by atoms with Crippen molar-refractivity contribution in [1.29, 1.82) is 0 Å². The summed E-state index contributed by atoms with van der Waals surface area (Å²) >= 11 is 0. The first-order valence-corrected chi connectivity index (χ1v) is 5.50. The van der Waals surface area contributed by atoms with Crippen molar-refractivity contribution >= 4 is 10.1 Å². The van der Waals surface area contributed by atoms with Crippen LogP contribution < -0.4 is 34.9 Å². The molecule has 0 aromatic rings. The number of nitrogens with one attached hydrogen (secondary N) is 1. The van der Waals surface area contributed by atoms with Crippen molar-refractivity contribution in [2.75, 3.05) is 6.54 Å². The normalized spacial score (nSPS) is 40.7. The molecule has 0 amide bonds. The summed E-state index contributed by atoms with van der Waals surface area (Å²) in [5, 5.41) is 1.92. The van der Waals surface area contributed by atoms with Gasteiger partial charge in [0, 0.05) is 6.54 Å². The summed E-state index contributed by atoms with van der Waals surface area (Å²) in [6, 6.07) is 0. The second kappa shape index (κ2) is 3.18. The van der Waals surface area contributed by atoms with Gasteiger partial charge in [0.1, 0.15) is 15.5 Å². The van der Waals surface area contributed by atoms with Gasteiger partial charge in [-0.05, 0) is 17.3 Å². The Morgan fingerprint density at radius 3 is 2.23 bits per heavy atom. The number of piperidine rings is 1. The van der Waals surface area contributed by atoms with Crippen LogP contribution in [0.2, 0.25) is 0 Å². The third kappa shape index (κ3) is 1.70. The molecule has 2 fully saturated rings. The smallest absolute Gasteiger partial charge is 0.747 e. The zero-order valence-corrected chi connectivity index (χ0v) is 10.9. The number of hydrogen-bond acceptors (Lipinski definition) is 4. The van der Waals surface area contributed by atoms with Gasteiger partial charge in [-0.2, -0.15) is 0 Å². The van der Waals surface area contributed by atoms with E-state index in [4.69, 9.17) is 0 Å². The van der Waals surface area contributed by atoms with Gasteiger partial charge < -0.3 is 9.87 Å². The van der Waals surface area contributed by atoms with Gasteiger partial charge >= 0.3 is 29.6 Å². The van der Waals surface area contributed by atoms with Crippen molar-refractivity contribution in [3.8, 4) is 0 Å². The van der Waals surface area contributed by atoms with Crippen LogP contribution in [0.5, 0.6) is 0 Å². The Morgan fingerprint density at radius 2 is 2.00 bits per heavy atom. The molecule has 0 spiro atoms. The summed E-state index contributed by atoms with van der Waals surface area (Å²) in [5.41, 5.74) is 0.0490. The third-order valence-corrected chi connectivity index (χ3v) is 4.40. The summed E-state index contributed by atoms with van der Waals surface area (Å²) in [4.78, 5) is 0. The molecule has 2 rings (SSSR count). The molecule has 0 aromatic heterocycles. The molecule has 4 nitrogen and oxygen atoms in total. The molecule has 0 aromatic carbocycles. The van der Waals surface area contributed by atoms with Gasteiger partial charge in [-0.1, -0.05) is 13.8 Å². The van der Waals surface area contributed by atoms with Crippen LogP contribution >= 0.6 is 0 Å². The third-order valence-electron chi connectivity index (χ3n) is 3.32. The van der Waals surface area contributed by atoms with E-state index in [2.05, 4.69) is 5.32 Å². The molecule has 0 unspecified atom stereocenters. The molecule has 1 N–H and O–H groups in total. The Labute approximate surface area is 101 Å². The Morgan fingerprint density at radius 1 is 1.46 bits per heavy atom. The molecule has 1 saturated carbocycles. The van der Waals surface area contributed by atoms with E-state index in [-0.39, 0.29) is 40.9 Å². The number of rotatable bonds is 1. The predicted octanol–water partition coefficient (Wildman–Crippen LogP) is -3.26. The summed E-state index contributed by atoms with van der Waals surface area (Å²) in [6.45, 7) is 4.70. The Bertz CT molecular complexity index is 314. The SMILES string of the molecule is CC1(C)[C@@H]2[C@H]1CN[C@H]2S(=O)(=O)[O-].[Na+]. The fraction of sp³-hybridized carbons (Fsp3) is 1.00. The molecule has 0 radical (unpaired) electrons. The molecule has 13 heavy (non-hydrogen) atoms. The van der Waals surface area contributed by atoms with Crippen molar-refractivity contribution in [2.45, 2.75) is 19.2 Å². The van der Waals surface area contributed by atoms with Gasteiger partial charge in [0.05, 0.1) is 0 Å². The topological polar surface area (TPSA) is 69.2 Å². The van der Waals surface area contributed by atoms with Crippen molar-refractivity contribution in [3.63, 3.8) is 0 Å². The maximum absolute atomic E-state index is 10.7. The maximum Gasteiger partial charge on any atom is 1.00 e. The molecule has 1 aliphatic heterocycles. The number of fused-ring (bicyclic) bond motifs is 1. The monoisotopic (exact) mass is 213 g/mol. The van der Waals surface area contributed by atoms with Crippen molar-refractivity contribution in [1.82, 2.24) is 5.32 Å². The van der Waals surface area contributed by atoms with E-state index in [1.54, 1.807) is 0 Å². The van der Waals surface area contributed by atoms with Gasteiger partial charge in [-0.3, -0.25) is 0 Å². The molecular weight excluding hydrogens is 201 g/mol. The zero-order valence-electron chi connectivity index (χ0n) is 8.07. The standard InChI is InChI=1S/C7H13NO3S.Na/c1-7(2)4-3-8-6(5(4)7)12(9,10)11;/h4-6,8H,3H2,1-2H3,(H,9,10,11);/q;+1/p-1/t4-,5-,6+;/m1./s1. The minimum absolute atomic E-state index is 0. The second-order valence-electron chi connectivity index (χ2n) is 4.28. The molecular formula is C7H12NNaO3S. The van der Waals surface area contributed by atoms with Crippen molar-refractivity contribution < 1.29 is 42.5 Å². The van der Waals surface area contributed by atoms with Gasteiger partial charge in [-0.15, -0.1) is 0 Å². The van der Waals surface area contributed by atoms with E-state index < -0.39 is 15.5 Å². The van der Waals surface area contributed by atoms with E-state index in [0.29, 0.717) is 12.5 Å². The van der Waals surface area contributed by atoms with Crippen LogP contribution in [0.1, 0.15) is 13.8 Å². The summed E-state index contributed by atoms with van der Waals surface area (Å²) in [6.07, 6.45) is 0. The Kier molecular flexibility index (Phi) is 2.92. The summed E-state index contributed by atoms with van der Waals surface area (Å²) in [7, 11) is -4.14. The summed E-state index contributed by atoms with van der Waals surface area (Å²) in [5.74, 6) is 0.422. The Balaban J connectivity index is 0.000000845. The largest absolute Gasteiger partial charge is 1.00 e. The predicted molar refractivity (Wildman–Crippen MR) is 42.2 cm³/mol. The van der Waals surface area contributed by atoms with Crippen LogP contribution in [0.4, 0.5) is 0 Å². The van der Waals surface area contributed by atoms with Gasteiger partial charge in [0.15, 0.2) is 0 Å². The molecule has 1 heterocycles. The van der Waals surface area contributed by atoms with Gasteiger partial charge in [0.2, 0.25) is 0 Å². The van der Waals surface area contributed by atoms with Crippen LogP contribution in [-0.4, -0.2) is 24.9 Å². The molecule has 0 bridgehead atoms. The number of hydrogen-bond donors (Lipinski definition) is 1. The quantitative estimate of drug-likeness (QED) is 0.367. The van der Waals surface area contributed by atoms with Gasteiger partial charge in [0.25, 0.3) is 0 Å². The van der Waals surface area contributed by atoms with Crippen LogP contribution in [0.25, 0.3) is 0 Å². The first kappa shape index (κ1) is 11.9. The van der Waals surface area contributed by atoms with Crippen LogP contribution in [0.3, 0.4) is 0 Å². The average Bonchev–Trinajstić information content (AvgIpc) is 2.34. The molecule has 70 valence electrons. The molecule has 3 atom stereocenters. The van der Waals surface area contributed by atoms with E-state index in [1.807, 2.05) is 13.8 Å². The summed E-state index contributed by atoms with van der Waals surface area (Å²) < 4.78 is 32.2. The first-order chi connectivity index (χ1) is 5.35. The fourth-order valence-electron chi connectivity index (χ4n) is 2.43. The van der Waals surface area contributed by atoms with Crippen LogP contribution in [-0.2, 0) is 10.1 Å². The Hall–Kier alpha value is 0.870. The van der Waals surface area contributed by atoms with Crippen molar-refractivity contribution in [2.24, 2.45) is 17.3 Å². The molecule has 6 heteroatoms. The second-order valence-corrected chi connectivity index (χ2v) is 5.77. The van der Waals surface area contributed by atoms with Crippen LogP contribution in [0, 0.1) is 17.3 Å². The maximum atomic E-state index is 10.7. The molecule has 1 aliphatic carbocycles. The van der Waals surface area contributed by atoms with Crippen LogP contribution in [0.15, 0.2) is 0 Å². The minimum atomic E-state index is -4.14. The van der Waals surface area contributed by atoms with E-state index >= 15 is 0 Å². The van der Waals surface area contributed by atoms with E-state index in [9.17, 15) is 13.0 Å². The molecule has 2 aliphatic rings. The average molecular weight is 213 g/mol. The van der Waals surface area contributed by atoms with E-state index in [1.165, 1.54) is 0 Å². The minimum Gasteiger partial charge on any atom is -0.747 e. The van der Waals surface area contributed by atoms with Crippen molar-refractivity contribution in [3.05, 3.63) is 0 Å². The fourth-order valence-corrected chi connectivity index (χ4v) is 3.63.